The maximum Gasteiger partial charge on any atom is 0.110 e. The zero-order valence-corrected chi connectivity index (χ0v) is 25.1. The minimum Gasteiger partial charge on any atom is -0.104 e. The van der Waals surface area contributed by atoms with Gasteiger partial charge in [-0.25, -0.2) is 0 Å². The fourth-order valence-electron chi connectivity index (χ4n) is 5.95. The molecule has 1 aliphatic carbocycles. The van der Waals surface area contributed by atoms with Crippen LogP contribution in [0.3, 0.4) is 0 Å². The molecule has 175 valence electrons. The smallest absolute Gasteiger partial charge is 0.104 e. The lowest BCUT2D eigenvalue weighted by Gasteiger charge is -2.46. The van der Waals surface area contributed by atoms with E-state index in [1.807, 2.05) is 0 Å². The molecule has 0 N–H and O–H groups in total. The van der Waals surface area contributed by atoms with E-state index < -0.39 is 0 Å². The molecule has 3 atom stereocenters. The van der Waals surface area contributed by atoms with Crippen LogP contribution in [0.2, 0.25) is 5.82 Å². The lowest BCUT2D eigenvalue weighted by Crippen LogP contribution is -2.42. The van der Waals surface area contributed by atoms with E-state index in [1.54, 1.807) is 0 Å². The first-order valence-corrected chi connectivity index (χ1v) is 15.7. The Balaban J connectivity index is 3.14. The molecule has 0 heterocycles. The molecule has 0 spiro atoms. The van der Waals surface area contributed by atoms with Gasteiger partial charge in [0.25, 0.3) is 0 Å². The Morgan fingerprint density at radius 2 is 1.10 bits per heavy atom. The molecule has 0 aromatic heterocycles. The summed E-state index contributed by atoms with van der Waals surface area (Å²) in [6, 6.07) is 2.77. The van der Waals surface area contributed by atoms with E-state index in [0.29, 0.717) is 20.6 Å². The van der Waals surface area contributed by atoms with Crippen LogP contribution >= 0.6 is 15.8 Å². The Bertz CT molecular complexity index is 491. The lowest BCUT2D eigenvalue weighted by atomic mass is 9.17. The van der Waals surface area contributed by atoms with Crippen LogP contribution in [0.5, 0.6) is 0 Å². The van der Waals surface area contributed by atoms with Crippen molar-refractivity contribution in [2.24, 2.45) is 11.8 Å². The number of rotatable bonds is 6. The summed E-state index contributed by atoms with van der Waals surface area (Å²) >= 11 is 0. The van der Waals surface area contributed by atoms with E-state index in [2.05, 4.69) is 104 Å². The lowest BCUT2D eigenvalue weighted by molar-refractivity contribution is 0.276. The molecule has 30 heavy (non-hydrogen) atoms. The molecule has 0 bridgehead atoms. The monoisotopic (exact) mass is 451 g/mol. The summed E-state index contributed by atoms with van der Waals surface area (Å²) in [4.78, 5) is 0. The molecule has 1 radical (unpaired) electrons. The van der Waals surface area contributed by atoms with Crippen molar-refractivity contribution in [3.05, 3.63) is 0 Å². The Labute approximate surface area is 196 Å². The molecule has 1 rings (SSSR count). The van der Waals surface area contributed by atoms with Crippen LogP contribution in [0.1, 0.15) is 116 Å². The average molecular weight is 451 g/mol. The van der Waals surface area contributed by atoms with Gasteiger partial charge in [-0.2, -0.15) is 0 Å². The standard InChI is InChI=1S/C26H55B2P2/c1-20-15-16-22(17-21(20)2)28(19-30(25(9,10)11)26(12,13)14)27-18-29(23(3,4)5)24(6,7)8/h20-22H,15-19H2,1-14H3. The minimum absolute atomic E-state index is 0.0433. The maximum atomic E-state index is 2.86. The molecule has 0 saturated heterocycles. The summed E-state index contributed by atoms with van der Waals surface area (Å²) in [6.45, 7) is 35.7. The second kappa shape index (κ2) is 10.5. The number of hydrogen-bond donors (Lipinski definition) is 0. The summed E-state index contributed by atoms with van der Waals surface area (Å²) in [7, 11) is 2.77. The maximum absolute atomic E-state index is 2.86. The first-order valence-electron chi connectivity index (χ1n) is 12.6. The van der Waals surface area contributed by atoms with E-state index >= 15 is 0 Å². The summed E-state index contributed by atoms with van der Waals surface area (Å²) in [5, 5.41) is 1.68. The normalized spacial score (nSPS) is 24.5. The van der Waals surface area contributed by atoms with Gasteiger partial charge in [-0.3, -0.25) is 0 Å². The Morgan fingerprint density at radius 1 is 0.667 bits per heavy atom. The number of hydrogen-bond acceptors (Lipinski definition) is 0. The van der Waals surface area contributed by atoms with Crippen molar-refractivity contribution < 1.29 is 0 Å². The summed E-state index contributed by atoms with van der Waals surface area (Å²) in [5.41, 5.74) is 0. The highest BCUT2D eigenvalue weighted by atomic mass is 31.1. The van der Waals surface area contributed by atoms with Crippen molar-refractivity contribution in [2.45, 2.75) is 143 Å². The van der Waals surface area contributed by atoms with E-state index in [9.17, 15) is 0 Å². The van der Waals surface area contributed by atoms with Gasteiger partial charge in [-0.1, -0.05) is 134 Å². The third kappa shape index (κ3) is 8.74. The fourth-order valence-corrected chi connectivity index (χ4v) is 13.5. The zero-order chi connectivity index (χ0) is 23.7. The molecule has 1 fully saturated rings. The molecule has 4 heteroatoms. The van der Waals surface area contributed by atoms with E-state index in [-0.39, 0.29) is 15.8 Å². The topological polar surface area (TPSA) is 0 Å². The van der Waals surface area contributed by atoms with Gasteiger partial charge in [0.1, 0.15) is 6.60 Å². The highest BCUT2D eigenvalue weighted by molar-refractivity contribution is 7.66. The SMILES string of the molecule is CC1CCC(B([B]CP(C(C)(C)C)C(C)(C)C)CP(C(C)(C)C)C(C)(C)C)CC1C. The van der Waals surface area contributed by atoms with Crippen LogP contribution in [0.4, 0.5) is 0 Å². The van der Waals surface area contributed by atoms with Crippen molar-refractivity contribution in [1.29, 1.82) is 0 Å². The van der Waals surface area contributed by atoms with Gasteiger partial charge in [-0.15, -0.1) is 15.8 Å². The van der Waals surface area contributed by atoms with Crippen molar-refractivity contribution in [1.82, 2.24) is 0 Å². The highest BCUT2D eigenvalue weighted by Gasteiger charge is 2.41. The Hall–Kier alpha value is 0.990. The molecular formula is C26H55B2P2. The van der Waals surface area contributed by atoms with Gasteiger partial charge in [0.2, 0.25) is 0 Å². The van der Waals surface area contributed by atoms with Crippen molar-refractivity contribution in [2.75, 3.05) is 12.1 Å². The quantitative estimate of drug-likeness (QED) is 0.279. The molecule has 0 amide bonds. The van der Waals surface area contributed by atoms with E-state index in [4.69, 9.17) is 0 Å². The van der Waals surface area contributed by atoms with Crippen LogP contribution in [0.15, 0.2) is 0 Å². The zero-order valence-electron chi connectivity index (χ0n) is 23.3. The van der Waals surface area contributed by atoms with Gasteiger partial charge in [0.05, 0.1) is 7.17 Å². The predicted molar refractivity (Wildman–Crippen MR) is 150 cm³/mol. The van der Waals surface area contributed by atoms with Gasteiger partial charge in [0.15, 0.2) is 0 Å². The van der Waals surface area contributed by atoms with Gasteiger partial charge >= 0.3 is 0 Å². The molecule has 1 aliphatic rings. The molecule has 3 unspecified atom stereocenters. The highest BCUT2D eigenvalue weighted by Crippen LogP contribution is 2.61. The summed E-state index contributed by atoms with van der Waals surface area (Å²) < 4.78 is 0. The Kier molecular flexibility index (Phi) is 10.2. The predicted octanol–water partition coefficient (Wildman–Crippen LogP) is 9.16. The molecule has 0 aromatic rings. The minimum atomic E-state index is -0.0457. The molecule has 1 saturated carbocycles. The third-order valence-corrected chi connectivity index (χ3v) is 15.3. The van der Waals surface area contributed by atoms with Crippen molar-refractivity contribution in [3.63, 3.8) is 0 Å². The van der Waals surface area contributed by atoms with Crippen molar-refractivity contribution in [3.8, 4) is 0 Å². The summed E-state index contributed by atoms with van der Waals surface area (Å²) in [5.74, 6) is 2.71. The summed E-state index contributed by atoms with van der Waals surface area (Å²) in [6.07, 6.45) is 4.34. The second-order valence-electron chi connectivity index (χ2n) is 14.3. The largest absolute Gasteiger partial charge is 0.110 e. The fraction of sp³-hybridized carbons (Fsp3) is 1.00. The Morgan fingerprint density at radius 3 is 1.47 bits per heavy atom. The van der Waals surface area contributed by atoms with Gasteiger partial charge < -0.3 is 0 Å². The van der Waals surface area contributed by atoms with Crippen LogP contribution in [0, 0.1) is 11.8 Å². The van der Waals surface area contributed by atoms with Crippen LogP contribution in [0.25, 0.3) is 0 Å². The average Bonchev–Trinajstić information content (AvgIpc) is 2.48. The molecule has 0 aromatic carbocycles. The van der Waals surface area contributed by atoms with E-state index in [1.165, 1.54) is 31.4 Å². The van der Waals surface area contributed by atoms with Gasteiger partial charge in [0, 0.05) is 0 Å². The van der Waals surface area contributed by atoms with Crippen LogP contribution < -0.4 is 0 Å². The molecular weight excluding hydrogens is 396 g/mol. The molecule has 0 nitrogen and oxygen atoms in total. The first kappa shape index (κ1) is 29.0. The van der Waals surface area contributed by atoms with E-state index in [0.717, 1.165) is 24.3 Å². The van der Waals surface area contributed by atoms with Crippen LogP contribution in [-0.2, 0) is 0 Å². The second-order valence-corrected chi connectivity index (χ2v) is 22.1. The van der Waals surface area contributed by atoms with Gasteiger partial charge in [-0.05, 0) is 32.5 Å². The van der Waals surface area contributed by atoms with Crippen LogP contribution in [-0.4, -0.2) is 46.5 Å². The third-order valence-electron chi connectivity index (χ3n) is 7.47. The first-order chi connectivity index (χ1) is 13.2. The van der Waals surface area contributed by atoms with Crippen molar-refractivity contribution >= 4 is 29.6 Å². The molecule has 0 aliphatic heterocycles.